The van der Waals surface area contributed by atoms with Crippen molar-refractivity contribution in [2.24, 2.45) is 0 Å². The largest absolute Gasteiger partial charge is 0.507 e. The van der Waals surface area contributed by atoms with Crippen molar-refractivity contribution < 1.29 is 14.6 Å². The van der Waals surface area contributed by atoms with Crippen LogP contribution in [0.15, 0.2) is 35.1 Å². The summed E-state index contributed by atoms with van der Waals surface area (Å²) in [5.74, 6) is 0.781. The van der Waals surface area contributed by atoms with Gasteiger partial charge in [0.1, 0.15) is 17.2 Å². The maximum absolute atomic E-state index is 11.8. The second-order valence-corrected chi connectivity index (χ2v) is 7.54. The van der Waals surface area contributed by atoms with Gasteiger partial charge < -0.3 is 19.6 Å². The molecule has 1 fully saturated rings. The molecule has 0 spiro atoms. The van der Waals surface area contributed by atoms with E-state index < -0.39 is 11.7 Å². The zero-order valence-electron chi connectivity index (χ0n) is 14.3. The van der Waals surface area contributed by atoms with Gasteiger partial charge in [-0.1, -0.05) is 6.58 Å². The number of aromatic hydroxyl groups is 1. The molecule has 132 valence electrons. The van der Waals surface area contributed by atoms with Crippen molar-refractivity contribution in [3.8, 4) is 5.75 Å². The summed E-state index contributed by atoms with van der Waals surface area (Å²) in [6.07, 6.45) is -0.489. The molecule has 1 aromatic rings. The Morgan fingerprint density at radius 2 is 1.92 bits per heavy atom. The number of halogens is 1. The molecule has 1 heterocycles. The van der Waals surface area contributed by atoms with Gasteiger partial charge in [-0.05, 0) is 54.9 Å². The zero-order chi connectivity index (χ0) is 17.9. The van der Waals surface area contributed by atoms with Gasteiger partial charge >= 0.3 is 6.09 Å². The van der Waals surface area contributed by atoms with Crippen molar-refractivity contribution in [1.29, 1.82) is 0 Å². The molecule has 24 heavy (non-hydrogen) atoms. The van der Waals surface area contributed by atoms with Crippen LogP contribution in [0.1, 0.15) is 20.8 Å². The van der Waals surface area contributed by atoms with E-state index in [1.807, 2.05) is 37.8 Å². The summed E-state index contributed by atoms with van der Waals surface area (Å²) < 4.78 is 5.92. The van der Waals surface area contributed by atoms with Crippen molar-refractivity contribution in [1.82, 2.24) is 10.2 Å². The first-order valence-electron chi connectivity index (χ1n) is 7.83. The van der Waals surface area contributed by atoms with E-state index >= 15 is 0 Å². The fraction of sp³-hybridized carbons (Fsp3) is 0.471. The molecule has 1 amide bonds. The van der Waals surface area contributed by atoms with Crippen LogP contribution in [0, 0.1) is 0 Å². The van der Waals surface area contributed by atoms with Crippen molar-refractivity contribution in [3.63, 3.8) is 0 Å². The number of piperazine rings is 1. The van der Waals surface area contributed by atoms with Gasteiger partial charge in [0.05, 0.1) is 4.47 Å². The van der Waals surface area contributed by atoms with Crippen LogP contribution in [-0.4, -0.2) is 47.9 Å². The lowest BCUT2D eigenvalue weighted by atomic mass is 10.2. The average molecular weight is 398 g/mol. The number of carbonyl (C=O) groups excluding carboxylic acids is 1. The molecule has 0 aliphatic carbocycles. The molecule has 6 nitrogen and oxygen atoms in total. The number of nitrogens with one attached hydrogen (secondary N) is 1. The fourth-order valence-electron chi connectivity index (χ4n) is 2.43. The van der Waals surface area contributed by atoms with Crippen molar-refractivity contribution in [2.75, 3.05) is 31.1 Å². The van der Waals surface area contributed by atoms with Gasteiger partial charge in [0.15, 0.2) is 0 Å². The summed E-state index contributed by atoms with van der Waals surface area (Å²) in [6.45, 7) is 12.5. The van der Waals surface area contributed by atoms with E-state index in [0.29, 0.717) is 10.3 Å². The van der Waals surface area contributed by atoms with Gasteiger partial charge in [-0.15, -0.1) is 0 Å². The molecule has 1 aromatic carbocycles. The quantitative estimate of drug-likeness (QED) is 0.818. The average Bonchev–Trinajstić information content (AvgIpc) is 2.48. The summed E-state index contributed by atoms with van der Waals surface area (Å²) in [4.78, 5) is 16.1. The minimum absolute atomic E-state index is 0.229. The van der Waals surface area contributed by atoms with Crippen LogP contribution in [0.3, 0.4) is 0 Å². The van der Waals surface area contributed by atoms with E-state index in [9.17, 15) is 9.90 Å². The normalized spacial score (nSPS) is 15.2. The van der Waals surface area contributed by atoms with Gasteiger partial charge in [-0.3, -0.25) is 5.32 Å². The number of amides is 1. The molecule has 0 unspecified atom stereocenters. The summed E-state index contributed by atoms with van der Waals surface area (Å²) in [7, 11) is 0. The van der Waals surface area contributed by atoms with Gasteiger partial charge in [0.25, 0.3) is 0 Å². The van der Waals surface area contributed by atoms with E-state index in [1.54, 1.807) is 6.07 Å². The highest BCUT2D eigenvalue weighted by Crippen LogP contribution is 2.29. The Balaban J connectivity index is 1.86. The number of hydrogen-bond donors (Lipinski definition) is 2. The summed E-state index contributed by atoms with van der Waals surface area (Å²) in [5.41, 5.74) is 0.514. The van der Waals surface area contributed by atoms with E-state index in [1.165, 1.54) is 0 Å². The van der Waals surface area contributed by atoms with Gasteiger partial charge in [-0.2, -0.15) is 0 Å². The van der Waals surface area contributed by atoms with Crippen LogP contribution in [0.25, 0.3) is 0 Å². The Hall–Kier alpha value is -1.89. The Labute approximate surface area is 151 Å². The summed E-state index contributed by atoms with van der Waals surface area (Å²) >= 11 is 3.34. The van der Waals surface area contributed by atoms with Gasteiger partial charge in [0, 0.05) is 31.9 Å². The minimum Gasteiger partial charge on any atom is -0.507 e. The van der Waals surface area contributed by atoms with Crippen LogP contribution in [0.4, 0.5) is 10.5 Å². The van der Waals surface area contributed by atoms with Crippen LogP contribution >= 0.6 is 15.9 Å². The smallest absolute Gasteiger partial charge is 0.413 e. The monoisotopic (exact) mass is 397 g/mol. The lowest BCUT2D eigenvalue weighted by Gasteiger charge is -2.38. The first-order chi connectivity index (χ1) is 11.2. The maximum Gasteiger partial charge on any atom is 0.413 e. The third-order valence-corrected chi connectivity index (χ3v) is 4.24. The second-order valence-electron chi connectivity index (χ2n) is 6.68. The van der Waals surface area contributed by atoms with E-state index in [4.69, 9.17) is 4.74 Å². The number of benzene rings is 1. The van der Waals surface area contributed by atoms with Gasteiger partial charge in [0.2, 0.25) is 0 Å². The third-order valence-electron chi connectivity index (χ3n) is 3.60. The molecule has 0 atom stereocenters. The molecule has 7 heteroatoms. The number of phenols is 1. The number of rotatable bonds is 3. The molecule has 0 saturated carbocycles. The Morgan fingerprint density at radius 3 is 2.46 bits per heavy atom. The zero-order valence-corrected chi connectivity index (χ0v) is 15.9. The molecule has 1 saturated heterocycles. The number of anilines is 1. The first kappa shape index (κ1) is 18.4. The molecule has 0 bridgehead atoms. The highest BCUT2D eigenvalue weighted by atomic mass is 79.9. The minimum atomic E-state index is -0.532. The SMILES string of the molecule is C=C(NC(=O)OC(C)(C)C)N1CCN(c2ccc(O)c(Br)c2)CC1. The van der Waals surface area contributed by atoms with Gasteiger partial charge in [-0.25, -0.2) is 4.79 Å². The summed E-state index contributed by atoms with van der Waals surface area (Å²) in [5, 5.41) is 12.3. The second kappa shape index (κ2) is 7.34. The van der Waals surface area contributed by atoms with Crippen LogP contribution < -0.4 is 10.2 Å². The van der Waals surface area contributed by atoms with Crippen LogP contribution in [-0.2, 0) is 4.74 Å². The maximum atomic E-state index is 11.8. The number of phenolic OH excluding ortho intramolecular Hbond substituents is 1. The highest BCUT2D eigenvalue weighted by Gasteiger charge is 2.22. The van der Waals surface area contributed by atoms with E-state index in [2.05, 4.69) is 32.7 Å². The van der Waals surface area contributed by atoms with Crippen molar-refractivity contribution in [3.05, 3.63) is 35.1 Å². The van der Waals surface area contributed by atoms with E-state index in [0.717, 1.165) is 31.9 Å². The number of ether oxygens (including phenoxy) is 1. The molecule has 2 N–H and O–H groups in total. The fourth-order valence-corrected chi connectivity index (χ4v) is 2.79. The number of nitrogens with zero attached hydrogens (tertiary/aromatic N) is 2. The van der Waals surface area contributed by atoms with Crippen molar-refractivity contribution in [2.45, 2.75) is 26.4 Å². The van der Waals surface area contributed by atoms with E-state index in [-0.39, 0.29) is 5.75 Å². The molecule has 1 aliphatic heterocycles. The first-order valence-corrected chi connectivity index (χ1v) is 8.62. The van der Waals surface area contributed by atoms with Crippen LogP contribution in [0.2, 0.25) is 0 Å². The number of alkyl carbamates (subject to hydrolysis) is 1. The predicted molar refractivity (Wildman–Crippen MR) is 98.1 cm³/mol. The molecule has 0 aromatic heterocycles. The molecule has 1 aliphatic rings. The Kier molecular flexibility index (Phi) is 5.64. The molecular weight excluding hydrogens is 374 g/mol. The molecular formula is C17H24BrN3O3. The van der Waals surface area contributed by atoms with Crippen molar-refractivity contribution >= 4 is 27.7 Å². The third kappa shape index (κ3) is 5.06. The lowest BCUT2D eigenvalue weighted by molar-refractivity contribution is 0.0526. The highest BCUT2D eigenvalue weighted by molar-refractivity contribution is 9.10. The Bertz CT molecular complexity index is 620. The number of carbonyl (C=O) groups is 1. The van der Waals surface area contributed by atoms with Crippen LogP contribution in [0.5, 0.6) is 5.75 Å². The standard InChI is InChI=1S/C17H24BrN3O3/c1-12(19-16(23)24-17(2,3)4)20-7-9-21(10-8-20)13-5-6-15(22)14(18)11-13/h5-6,11,22H,1,7-10H2,2-4H3,(H,19,23). The lowest BCUT2D eigenvalue weighted by Crippen LogP contribution is -2.49. The Morgan fingerprint density at radius 1 is 1.29 bits per heavy atom. The number of hydrogen-bond acceptors (Lipinski definition) is 5. The topological polar surface area (TPSA) is 65.0 Å². The molecule has 0 radical (unpaired) electrons. The summed E-state index contributed by atoms with van der Waals surface area (Å²) in [6, 6.07) is 5.47. The molecule has 2 rings (SSSR count). The predicted octanol–water partition coefficient (Wildman–Crippen LogP) is 3.27.